The molecule has 0 radical (unpaired) electrons. The van der Waals surface area contributed by atoms with Gasteiger partial charge in [-0.2, -0.15) is 5.10 Å². The van der Waals surface area contributed by atoms with E-state index >= 15 is 0 Å². The number of halogens is 3. The van der Waals surface area contributed by atoms with E-state index < -0.39 is 0 Å². The summed E-state index contributed by atoms with van der Waals surface area (Å²) < 4.78 is 1.88. The molecule has 0 unspecified atom stereocenters. The first-order chi connectivity index (χ1) is 11.6. The Morgan fingerprint density at radius 1 is 0.917 bits per heavy atom. The zero-order chi connectivity index (χ0) is 16.7. The van der Waals surface area contributed by atoms with E-state index in [1.165, 1.54) is 37.5 Å². The summed E-state index contributed by atoms with van der Waals surface area (Å²) in [7, 11) is 0. The van der Waals surface area contributed by atoms with Gasteiger partial charge in [0.15, 0.2) is 0 Å². The van der Waals surface area contributed by atoms with Gasteiger partial charge in [-0.1, -0.05) is 72.3 Å². The summed E-state index contributed by atoms with van der Waals surface area (Å²) >= 11 is 18.9. The summed E-state index contributed by atoms with van der Waals surface area (Å²) in [5, 5.41) is 7.67. The molecule has 0 amide bonds. The zero-order valence-electron chi connectivity index (χ0n) is 13.1. The maximum absolute atomic E-state index is 6.44. The second-order valence-electron chi connectivity index (χ2n) is 6.37. The predicted molar refractivity (Wildman–Crippen MR) is 102 cm³/mol. The van der Waals surface area contributed by atoms with Gasteiger partial charge in [0.1, 0.15) is 5.69 Å². The van der Waals surface area contributed by atoms with Crippen LogP contribution in [0.15, 0.2) is 36.4 Å². The summed E-state index contributed by atoms with van der Waals surface area (Å²) in [4.78, 5) is 0. The molecule has 124 valence electrons. The second-order valence-corrected chi connectivity index (χ2v) is 7.62. The van der Waals surface area contributed by atoms with Crippen molar-refractivity contribution in [3.8, 4) is 5.69 Å². The summed E-state index contributed by atoms with van der Waals surface area (Å²) in [6, 6.07) is 11.7. The van der Waals surface area contributed by atoms with E-state index in [-0.39, 0.29) is 0 Å². The minimum absolute atomic E-state index is 0.509. The monoisotopic (exact) mass is 378 g/mol. The van der Waals surface area contributed by atoms with Crippen LogP contribution in [0.1, 0.15) is 43.7 Å². The van der Waals surface area contributed by atoms with Crippen LogP contribution in [0.25, 0.3) is 16.6 Å². The molecule has 1 saturated carbocycles. The quantitative estimate of drug-likeness (QED) is 0.467. The molecular weight excluding hydrogens is 363 g/mol. The largest absolute Gasteiger partial charge is 0.230 e. The van der Waals surface area contributed by atoms with Gasteiger partial charge in [0.2, 0.25) is 0 Å². The lowest BCUT2D eigenvalue weighted by Gasteiger charge is -2.19. The van der Waals surface area contributed by atoms with E-state index in [2.05, 4.69) is 18.2 Å². The van der Waals surface area contributed by atoms with Gasteiger partial charge in [-0.3, -0.25) is 0 Å². The topological polar surface area (TPSA) is 17.8 Å². The Morgan fingerprint density at radius 3 is 2.29 bits per heavy atom. The molecule has 2 aromatic carbocycles. The summed E-state index contributed by atoms with van der Waals surface area (Å²) in [6.45, 7) is 0. The minimum atomic E-state index is 0.509. The summed E-state index contributed by atoms with van der Waals surface area (Å²) in [6.07, 6.45) is 6.26. The smallest absolute Gasteiger partial charge is 0.103 e. The molecule has 5 heteroatoms. The number of hydrogen-bond donors (Lipinski definition) is 0. The Hall–Kier alpha value is -1.22. The Kier molecular flexibility index (Phi) is 4.46. The Bertz CT molecular complexity index is 872. The van der Waals surface area contributed by atoms with E-state index in [0.29, 0.717) is 26.7 Å². The molecule has 3 aromatic rings. The van der Waals surface area contributed by atoms with Gasteiger partial charge < -0.3 is 0 Å². The van der Waals surface area contributed by atoms with E-state index in [1.54, 1.807) is 12.1 Å². The van der Waals surface area contributed by atoms with Gasteiger partial charge in [-0.05, 0) is 31.0 Å². The van der Waals surface area contributed by atoms with Crippen molar-refractivity contribution in [3.05, 3.63) is 57.2 Å². The van der Waals surface area contributed by atoms with Gasteiger partial charge in [0.05, 0.1) is 21.3 Å². The van der Waals surface area contributed by atoms with Gasteiger partial charge in [-0.15, -0.1) is 0 Å². The molecule has 2 nitrogen and oxygen atoms in total. The van der Waals surface area contributed by atoms with Crippen LogP contribution in [-0.2, 0) is 0 Å². The predicted octanol–water partition coefficient (Wildman–Crippen LogP) is 7.03. The maximum Gasteiger partial charge on any atom is 0.103 e. The lowest BCUT2D eigenvalue weighted by molar-refractivity contribution is 0.436. The van der Waals surface area contributed by atoms with Crippen molar-refractivity contribution in [2.45, 2.75) is 38.0 Å². The molecule has 1 aliphatic carbocycles. The fourth-order valence-corrected chi connectivity index (χ4v) is 4.65. The third-order valence-electron chi connectivity index (χ3n) is 4.80. The summed E-state index contributed by atoms with van der Waals surface area (Å²) in [5.74, 6) is 0.509. The highest BCUT2D eigenvalue weighted by atomic mass is 35.5. The molecule has 1 fully saturated rings. The first kappa shape index (κ1) is 16.3. The van der Waals surface area contributed by atoms with E-state index in [4.69, 9.17) is 39.9 Å². The lowest BCUT2D eigenvalue weighted by atomic mass is 9.86. The third kappa shape index (κ3) is 2.81. The average molecular weight is 380 g/mol. The number of nitrogens with zero attached hydrogens (tertiary/aromatic N) is 2. The van der Waals surface area contributed by atoms with Crippen molar-refractivity contribution in [2.24, 2.45) is 0 Å². The van der Waals surface area contributed by atoms with E-state index in [1.807, 2.05) is 10.7 Å². The first-order valence-electron chi connectivity index (χ1n) is 8.27. The number of aromatic nitrogens is 2. The SMILES string of the molecule is Clc1cc(Cl)c(-n2nc(C3CCCCC3)c3ccccc32)c(Cl)c1. The average Bonchev–Trinajstić information content (AvgIpc) is 2.94. The standard InChI is InChI=1S/C19H17Cl3N2/c20-13-10-15(21)19(16(22)11-13)24-17-9-5-4-8-14(17)18(23-24)12-6-2-1-3-7-12/h4-5,8-12H,1-3,6-7H2. The van der Waals surface area contributed by atoms with Gasteiger partial charge in [0, 0.05) is 16.3 Å². The molecule has 24 heavy (non-hydrogen) atoms. The third-order valence-corrected chi connectivity index (χ3v) is 5.60. The number of benzene rings is 2. The molecule has 0 spiro atoms. The van der Waals surface area contributed by atoms with Crippen molar-refractivity contribution < 1.29 is 0 Å². The van der Waals surface area contributed by atoms with Gasteiger partial charge >= 0.3 is 0 Å². The fraction of sp³-hybridized carbons (Fsp3) is 0.316. The van der Waals surface area contributed by atoms with Gasteiger partial charge in [0.25, 0.3) is 0 Å². The van der Waals surface area contributed by atoms with Crippen LogP contribution in [0.3, 0.4) is 0 Å². The molecule has 0 atom stereocenters. The van der Waals surface area contributed by atoms with Crippen molar-refractivity contribution in [1.29, 1.82) is 0 Å². The summed E-state index contributed by atoms with van der Waals surface area (Å²) in [5.41, 5.74) is 2.89. The highest BCUT2D eigenvalue weighted by molar-refractivity contribution is 6.40. The van der Waals surface area contributed by atoms with E-state index in [0.717, 1.165) is 11.2 Å². The molecule has 0 aliphatic heterocycles. The number of hydrogen-bond acceptors (Lipinski definition) is 1. The van der Waals surface area contributed by atoms with Crippen LogP contribution in [0, 0.1) is 0 Å². The Morgan fingerprint density at radius 2 is 1.58 bits per heavy atom. The highest BCUT2D eigenvalue weighted by Gasteiger charge is 2.23. The van der Waals surface area contributed by atoms with Gasteiger partial charge in [-0.25, -0.2) is 4.68 Å². The molecule has 4 rings (SSSR count). The number of rotatable bonds is 2. The fourth-order valence-electron chi connectivity index (χ4n) is 3.68. The number of fused-ring (bicyclic) bond motifs is 1. The molecular formula is C19H17Cl3N2. The molecule has 0 N–H and O–H groups in total. The maximum atomic E-state index is 6.44. The van der Waals surface area contributed by atoms with Crippen LogP contribution in [0.4, 0.5) is 0 Å². The van der Waals surface area contributed by atoms with Crippen LogP contribution in [0.5, 0.6) is 0 Å². The lowest BCUT2D eigenvalue weighted by Crippen LogP contribution is -2.07. The van der Waals surface area contributed by atoms with Crippen LogP contribution >= 0.6 is 34.8 Å². The minimum Gasteiger partial charge on any atom is -0.230 e. The molecule has 0 saturated heterocycles. The van der Waals surface area contributed by atoms with Crippen molar-refractivity contribution in [3.63, 3.8) is 0 Å². The van der Waals surface area contributed by atoms with Crippen LogP contribution in [0.2, 0.25) is 15.1 Å². The zero-order valence-corrected chi connectivity index (χ0v) is 15.4. The van der Waals surface area contributed by atoms with E-state index in [9.17, 15) is 0 Å². The molecule has 1 heterocycles. The van der Waals surface area contributed by atoms with Crippen molar-refractivity contribution in [2.75, 3.05) is 0 Å². The second kappa shape index (κ2) is 6.59. The molecule has 1 aromatic heterocycles. The Balaban J connectivity index is 1.94. The normalized spacial score (nSPS) is 16.0. The van der Waals surface area contributed by atoms with Crippen LogP contribution < -0.4 is 0 Å². The first-order valence-corrected chi connectivity index (χ1v) is 9.41. The van der Waals surface area contributed by atoms with Crippen molar-refractivity contribution in [1.82, 2.24) is 9.78 Å². The number of para-hydroxylation sites is 1. The highest BCUT2D eigenvalue weighted by Crippen LogP contribution is 2.39. The molecule has 1 aliphatic rings. The van der Waals surface area contributed by atoms with Crippen LogP contribution in [-0.4, -0.2) is 9.78 Å². The van der Waals surface area contributed by atoms with Crippen molar-refractivity contribution >= 4 is 45.7 Å². The molecule has 0 bridgehead atoms. The Labute approximate surface area is 156 Å².